The summed E-state index contributed by atoms with van der Waals surface area (Å²) in [5, 5.41) is 0. The van der Waals surface area contributed by atoms with Crippen LogP contribution < -0.4 is 0 Å². The van der Waals surface area contributed by atoms with Gasteiger partial charge in [-0.15, -0.1) is 0 Å². The number of rotatable bonds is 2. The number of amides is 1. The fourth-order valence-electron chi connectivity index (χ4n) is 3.12. The zero-order valence-corrected chi connectivity index (χ0v) is 13.5. The maximum Gasteiger partial charge on any atom is 0.246 e. The molecule has 1 heterocycles. The summed E-state index contributed by atoms with van der Waals surface area (Å²) in [6, 6.07) is 0. The lowest BCUT2D eigenvalue weighted by Crippen LogP contribution is -2.34. The first kappa shape index (κ1) is 15.3. The molecule has 0 unspecified atom stereocenters. The molecule has 1 fully saturated rings. The molecule has 0 saturated carbocycles. The van der Waals surface area contributed by atoms with Gasteiger partial charge in [-0.2, -0.15) is 0 Å². The summed E-state index contributed by atoms with van der Waals surface area (Å²) < 4.78 is 0. The largest absolute Gasteiger partial charge is 0.339 e. The molecule has 112 valence electrons. The molecular weight excluding hydrogens is 246 g/mol. The number of hydrogen-bond acceptors (Lipinski definition) is 1. The number of likely N-dealkylation sites (tertiary alicyclic amines) is 1. The van der Waals surface area contributed by atoms with Gasteiger partial charge in [-0.25, -0.2) is 0 Å². The lowest BCUT2D eigenvalue weighted by molar-refractivity contribution is -0.126. The van der Waals surface area contributed by atoms with Crippen LogP contribution >= 0.6 is 0 Å². The van der Waals surface area contributed by atoms with Crippen LogP contribution in [0.4, 0.5) is 0 Å². The van der Waals surface area contributed by atoms with Gasteiger partial charge in [0.1, 0.15) is 0 Å². The van der Waals surface area contributed by atoms with Gasteiger partial charge in [0.25, 0.3) is 0 Å². The molecule has 2 aliphatic rings. The summed E-state index contributed by atoms with van der Waals surface area (Å²) in [7, 11) is 0. The third-order valence-corrected chi connectivity index (χ3v) is 4.80. The fraction of sp³-hybridized carbons (Fsp3) is 0.722. The van der Waals surface area contributed by atoms with Crippen LogP contribution in [0.25, 0.3) is 0 Å². The van der Waals surface area contributed by atoms with Gasteiger partial charge in [0.15, 0.2) is 0 Å². The van der Waals surface area contributed by atoms with Crippen molar-refractivity contribution < 1.29 is 4.79 Å². The van der Waals surface area contributed by atoms with E-state index >= 15 is 0 Å². The molecule has 2 nitrogen and oxygen atoms in total. The summed E-state index contributed by atoms with van der Waals surface area (Å²) in [5.74, 6) is 0.185. The van der Waals surface area contributed by atoms with Crippen molar-refractivity contribution in [2.24, 2.45) is 10.8 Å². The molecule has 1 amide bonds. The lowest BCUT2D eigenvalue weighted by atomic mass is 9.67. The van der Waals surface area contributed by atoms with Gasteiger partial charge in [-0.1, -0.05) is 39.8 Å². The molecule has 2 heteroatoms. The Kier molecular flexibility index (Phi) is 4.41. The van der Waals surface area contributed by atoms with Crippen molar-refractivity contribution in [3.8, 4) is 0 Å². The van der Waals surface area contributed by atoms with Crippen LogP contribution in [0.3, 0.4) is 0 Å². The zero-order chi connectivity index (χ0) is 14.8. The van der Waals surface area contributed by atoms with Crippen LogP contribution in [0.1, 0.15) is 59.8 Å². The van der Waals surface area contributed by atoms with E-state index in [1.54, 1.807) is 6.08 Å². The summed E-state index contributed by atoms with van der Waals surface area (Å²) in [6.45, 7) is 11.0. The first-order chi connectivity index (χ1) is 9.30. The molecule has 0 spiro atoms. The third kappa shape index (κ3) is 3.74. The standard InChI is InChI=1S/C18H29NO/c1-17(2)10-11-18(3,4)15(14-17)8-9-16(20)19-12-6-5-7-13-19/h8-9,14H,5-7,10-13H2,1-4H3/b9-8+. The summed E-state index contributed by atoms with van der Waals surface area (Å²) in [6.07, 6.45) is 12.2. The van der Waals surface area contributed by atoms with Gasteiger partial charge in [0.05, 0.1) is 0 Å². The summed E-state index contributed by atoms with van der Waals surface area (Å²) >= 11 is 0. The highest BCUT2D eigenvalue weighted by Gasteiger charge is 2.31. The number of allylic oxidation sites excluding steroid dienone is 3. The molecule has 0 aromatic carbocycles. The van der Waals surface area contributed by atoms with E-state index in [0.717, 1.165) is 25.9 Å². The van der Waals surface area contributed by atoms with E-state index in [1.807, 2.05) is 4.90 Å². The topological polar surface area (TPSA) is 20.3 Å². The Balaban J connectivity index is 2.08. The predicted molar refractivity (Wildman–Crippen MR) is 84.5 cm³/mol. The van der Waals surface area contributed by atoms with Crippen molar-refractivity contribution in [2.75, 3.05) is 13.1 Å². The van der Waals surface area contributed by atoms with E-state index in [4.69, 9.17) is 0 Å². The Labute approximate surface area is 123 Å². The van der Waals surface area contributed by atoms with Gasteiger partial charge in [-0.05, 0) is 48.5 Å². The maximum absolute atomic E-state index is 12.2. The van der Waals surface area contributed by atoms with Gasteiger partial charge < -0.3 is 4.90 Å². The Morgan fingerprint density at radius 2 is 1.75 bits per heavy atom. The SMILES string of the molecule is CC1(C)C=C(/C=C/C(=O)N2CCCCC2)C(C)(C)CC1. The van der Waals surface area contributed by atoms with Crippen LogP contribution in [0.15, 0.2) is 23.8 Å². The lowest BCUT2D eigenvalue weighted by Gasteiger charge is -2.38. The maximum atomic E-state index is 12.2. The minimum atomic E-state index is 0.185. The highest BCUT2D eigenvalue weighted by Crippen LogP contribution is 2.44. The molecule has 0 N–H and O–H groups in total. The van der Waals surface area contributed by atoms with E-state index in [2.05, 4.69) is 39.8 Å². The van der Waals surface area contributed by atoms with Crippen LogP contribution in [0.2, 0.25) is 0 Å². The Hall–Kier alpha value is -1.05. The monoisotopic (exact) mass is 275 g/mol. The minimum Gasteiger partial charge on any atom is -0.339 e. The number of carbonyl (C=O) groups is 1. The van der Waals surface area contributed by atoms with Gasteiger partial charge in [0.2, 0.25) is 5.91 Å². The van der Waals surface area contributed by atoms with E-state index in [9.17, 15) is 4.79 Å². The van der Waals surface area contributed by atoms with Crippen molar-refractivity contribution in [3.05, 3.63) is 23.8 Å². The van der Waals surface area contributed by atoms with Crippen LogP contribution in [0.5, 0.6) is 0 Å². The fourth-order valence-corrected chi connectivity index (χ4v) is 3.12. The van der Waals surface area contributed by atoms with Crippen molar-refractivity contribution in [1.29, 1.82) is 0 Å². The van der Waals surface area contributed by atoms with Crippen molar-refractivity contribution in [1.82, 2.24) is 4.90 Å². The second kappa shape index (κ2) is 5.75. The summed E-state index contributed by atoms with van der Waals surface area (Å²) in [5.41, 5.74) is 1.76. The Morgan fingerprint density at radius 3 is 2.40 bits per heavy atom. The van der Waals surface area contributed by atoms with Crippen molar-refractivity contribution in [2.45, 2.75) is 59.8 Å². The van der Waals surface area contributed by atoms with Crippen LogP contribution in [-0.4, -0.2) is 23.9 Å². The average Bonchev–Trinajstić information content (AvgIpc) is 2.41. The van der Waals surface area contributed by atoms with Crippen molar-refractivity contribution >= 4 is 5.91 Å². The molecule has 1 aliphatic heterocycles. The molecule has 1 saturated heterocycles. The molecule has 0 atom stereocenters. The second-order valence-corrected chi connectivity index (χ2v) is 7.69. The average molecular weight is 275 g/mol. The van der Waals surface area contributed by atoms with Gasteiger partial charge >= 0.3 is 0 Å². The Morgan fingerprint density at radius 1 is 1.10 bits per heavy atom. The van der Waals surface area contributed by atoms with Crippen LogP contribution in [0, 0.1) is 10.8 Å². The summed E-state index contributed by atoms with van der Waals surface area (Å²) in [4.78, 5) is 14.2. The Bertz CT molecular complexity index is 423. The van der Waals surface area contributed by atoms with Crippen LogP contribution in [-0.2, 0) is 4.79 Å². The molecule has 0 aromatic rings. The molecular formula is C18H29NO. The van der Waals surface area contributed by atoms with Gasteiger partial charge in [-0.3, -0.25) is 4.79 Å². The smallest absolute Gasteiger partial charge is 0.246 e. The minimum absolute atomic E-state index is 0.185. The normalized spacial score (nSPS) is 25.6. The second-order valence-electron chi connectivity index (χ2n) is 7.69. The third-order valence-electron chi connectivity index (χ3n) is 4.80. The predicted octanol–water partition coefficient (Wildman–Crippen LogP) is 4.33. The quantitative estimate of drug-likeness (QED) is 0.687. The first-order valence-corrected chi connectivity index (χ1v) is 8.01. The van der Waals surface area contributed by atoms with E-state index in [-0.39, 0.29) is 16.7 Å². The van der Waals surface area contributed by atoms with E-state index < -0.39 is 0 Å². The molecule has 0 aromatic heterocycles. The molecule has 20 heavy (non-hydrogen) atoms. The highest BCUT2D eigenvalue weighted by molar-refractivity contribution is 5.88. The first-order valence-electron chi connectivity index (χ1n) is 8.01. The highest BCUT2D eigenvalue weighted by atomic mass is 16.2. The van der Waals surface area contributed by atoms with Gasteiger partial charge in [0, 0.05) is 19.2 Å². The van der Waals surface area contributed by atoms with E-state index in [0.29, 0.717) is 0 Å². The number of piperidine rings is 1. The number of hydrogen-bond donors (Lipinski definition) is 0. The molecule has 1 aliphatic carbocycles. The molecule has 0 radical (unpaired) electrons. The number of nitrogens with zero attached hydrogens (tertiary/aromatic N) is 1. The molecule has 0 bridgehead atoms. The number of carbonyl (C=O) groups excluding carboxylic acids is 1. The van der Waals surface area contributed by atoms with Crippen molar-refractivity contribution in [3.63, 3.8) is 0 Å². The zero-order valence-electron chi connectivity index (χ0n) is 13.5. The van der Waals surface area contributed by atoms with E-state index in [1.165, 1.54) is 24.8 Å². The molecule has 2 rings (SSSR count).